The topological polar surface area (TPSA) is 58.4 Å². The highest BCUT2D eigenvalue weighted by atomic mass is 32.1. The van der Waals surface area contributed by atoms with Crippen molar-refractivity contribution in [2.75, 3.05) is 13.1 Å². The van der Waals surface area contributed by atoms with E-state index in [1.54, 1.807) is 35.9 Å². The Morgan fingerprint density at radius 2 is 2.27 bits per heavy atom. The van der Waals surface area contributed by atoms with Crippen LogP contribution in [0.2, 0.25) is 0 Å². The number of Topliss-reactive ketones (excluding diaryl/α,β-unsaturated/α-hetero) is 1. The van der Waals surface area contributed by atoms with Crippen LogP contribution in [0.4, 0.5) is 0 Å². The number of rotatable bonds is 4. The van der Waals surface area contributed by atoms with Gasteiger partial charge >= 0.3 is 0 Å². The Morgan fingerprint density at radius 1 is 1.46 bits per heavy atom. The number of aromatic nitrogens is 2. The lowest BCUT2D eigenvalue weighted by Gasteiger charge is -2.31. The highest BCUT2D eigenvalue weighted by Gasteiger charge is 2.28. The molecule has 0 bridgehead atoms. The van der Waals surface area contributed by atoms with Gasteiger partial charge in [0.05, 0.1) is 4.88 Å². The van der Waals surface area contributed by atoms with Gasteiger partial charge in [0.2, 0.25) is 5.78 Å². The lowest BCUT2D eigenvalue weighted by atomic mass is 9.93. The van der Waals surface area contributed by atoms with Gasteiger partial charge in [0, 0.05) is 43.3 Å². The standard InChI is InChI=1S/C20H25N3O2S/c1-20(2,25)9-8-16-6-7-17(26-16)14-23-11-4-5-15(13-23)18(24)19-21-10-12-22(19)3/h6-7,10,12,15,25H,4-5,11,13-14H2,1-3H3. The van der Waals surface area contributed by atoms with Crippen molar-refractivity contribution in [1.82, 2.24) is 14.5 Å². The van der Waals surface area contributed by atoms with E-state index in [4.69, 9.17) is 0 Å². The quantitative estimate of drug-likeness (QED) is 0.663. The molecule has 0 aliphatic carbocycles. The largest absolute Gasteiger partial charge is 0.378 e. The smallest absolute Gasteiger partial charge is 0.202 e. The van der Waals surface area contributed by atoms with Crippen LogP contribution in [0.5, 0.6) is 0 Å². The Kier molecular flexibility index (Phi) is 5.61. The summed E-state index contributed by atoms with van der Waals surface area (Å²) in [7, 11) is 1.86. The number of aliphatic hydroxyl groups is 1. The molecule has 0 radical (unpaired) electrons. The van der Waals surface area contributed by atoms with Crippen LogP contribution >= 0.6 is 11.3 Å². The summed E-state index contributed by atoms with van der Waals surface area (Å²) in [6, 6.07) is 4.09. The molecule has 2 aromatic rings. The van der Waals surface area contributed by atoms with Gasteiger partial charge in [-0.15, -0.1) is 11.3 Å². The van der Waals surface area contributed by atoms with E-state index >= 15 is 0 Å². The number of imidazole rings is 1. The van der Waals surface area contributed by atoms with Gasteiger partial charge in [-0.1, -0.05) is 11.8 Å². The third kappa shape index (κ3) is 4.82. The summed E-state index contributed by atoms with van der Waals surface area (Å²) in [5.41, 5.74) is -0.977. The van der Waals surface area contributed by atoms with Crippen LogP contribution < -0.4 is 0 Å². The molecule has 1 atom stereocenters. The third-order valence-corrected chi connectivity index (χ3v) is 5.44. The number of nitrogens with zero attached hydrogens (tertiary/aromatic N) is 3. The second-order valence-corrected chi connectivity index (χ2v) is 8.54. The molecule has 138 valence electrons. The summed E-state index contributed by atoms with van der Waals surface area (Å²) < 4.78 is 1.80. The lowest BCUT2D eigenvalue weighted by Crippen LogP contribution is -2.38. The molecule has 0 spiro atoms. The number of piperidine rings is 1. The fourth-order valence-electron chi connectivity index (χ4n) is 3.16. The number of carbonyl (C=O) groups excluding carboxylic acids is 1. The van der Waals surface area contributed by atoms with E-state index in [0.29, 0.717) is 5.82 Å². The van der Waals surface area contributed by atoms with E-state index in [2.05, 4.69) is 27.8 Å². The molecule has 1 aliphatic heterocycles. The van der Waals surface area contributed by atoms with Crippen molar-refractivity contribution in [3.8, 4) is 11.8 Å². The molecule has 5 nitrogen and oxygen atoms in total. The molecule has 3 rings (SSSR count). The summed E-state index contributed by atoms with van der Waals surface area (Å²) in [5.74, 6) is 6.59. The lowest BCUT2D eigenvalue weighted by molar-refractivity contribution is 0.0798. The van der Waals surface area contributed by atoms with E-state index in [0.717, 1.165) is 37.4 Å². The Hall–Kier alpha value is -1.94. The fourth-order valence-corrected chi connectivity index (χ4v) is 4.07. The van der Waals surface area contributed by atoms with Crippen molar-refractivity contribution in [3.05, 3.63) is 40.1 Å². The summed E-state index contributed by atoms with van der Waals surface area (Å²) in [5, 5.41) is 9.71. The maximum absolute atomic E-state index is 12.7. The zero-order valence-electron chi connectivity index (χ0n) is 15.5. The van der Waals surface area contributed by atoms with Gasteiger partial charge in [-0.2, -0.15) is 0 Å². The summed E-state index contributed by atoms with van der Waals surface area (Å²) in [6.07, 6.45) is 5.44. The van der Waals surface area contributed by atoms with Crippen molar-refractivity contribution in [3.63, 3.8) is 0 Å². The molecular weight excluding hydrogens is 346 g/mol. The predicted molar refractivity (Wildman–Crippen MR) is 103 cm³/mol. The van der Waals surface area contributed by atoms with Crippen molar-refractivity contribution < 1.29 is 9.90 Å². The molecule has 0 aromatic carbocycles. The SMILES string of the molecule is Cn1ccnc1C(=O)C1CCCN(Cc2ccc(C#CC(C)(C)O)s2)C1. The van der Waals surface area contributed by atoms with Crippen LogP contribution in [0, 0.1) is 17.8 Å². The highest BCUT2D eigenvalue weighted by Crippen LogP contribution is 2.24. The van der Waals surface area contributed by atoms with Gasteiger partial charge in [0.1, 0.15) is 5.60 Å². The van der Waals surface area contributed by atoms with Gasteiger partial charge in [0.15, 0.2) is 5.82 Å². The van der Waals surface area contributed by atoms with E-state index in [-0.39, 0.29) is 11.7 Å². The first-order valence-corrected chi connectivity index (χ1v) is 9.71. The first-order valence-electron chi connectivity index (χ1n) is 8.90. The van der Waals surface area contributed by atoms with Gasteiger partial charge in [-0.25, -0.2) is 4.98 Å². The molecule has 6 heteroatoms. The third-order valence-electron chi connectivity index (χ3n) is 4.45. The Balaban J connectivity index is 1.62. The van der Waals surface area contributed by atoms with E-state index in [1.807, 2.05) is 19.3 Å². The average molecular weight is 372 g/mol. The van der Waals surface area contributed by atoms with Crippen LogP contribution in [0.15, 0.2) is 24.5 Å². The minimum Gasteiger partial charge on any atom is -0.378 e. The molecular formula is C20H25N3O2S. The van der Waals surface area contributed by atoms with Crippen molar-refractivity contribution in [2.24, 2.45) is 13.0 Å². The number of ketones is 1. The van der Waals surface area contributed by atoms with Gasteiger partial charge in [0.25, 0.3) is 0 Å². The van der Waals surface area contributed by atoms with Crippen molar-refractivity contribution in [1.29, 1.82) is 0 Å². The molecule has 0 saturated carbocycles. The zero-order valence-corrected chi connectivity index (χ0v) is 16.3. The first kappa shape index (κ1) is 18.8. The number of carbonyl (C=O) groups is 1. The molecule has 0 amide bonds. The van der Waals surface area contributed by atoms with Gasteiger partial charge in [-0.3, -0.25) is 9.69 Å². The molecule has 2 aromatic heterocycles. The van der Waals surface area contributed by atoms with Crippen LogP contribution in [0.3, 0.4) is 0 Å². The van der Waals surface area contributed by atoms with E-state index < -0.39 is 5.60 Å². The van der Waals surface area contributed by atoms with E-state index in [1.165, 1.54) is 4.88 Å². The fraction of sp³-hybridized carbons (Fsp3) is 0.500. The summed E-state index contributed by atoms with van der Waals surface area (Å²) in [6.45, 7) is 5.97. The number of likely N-dealkylation sites (tertiary alicyclic amines) is 1. The Bertz CT molecular complexity index is 835. The minimum absolute atomic E-state index is 0.0132. The van der Waals surface area contributed by atoms with Gasteiger partial charge < -0.3 is 9.67 Å². The minimum atomic E-state index is -0.977. The van der Waals surface area contributed by atoms with Crippen LogP contribution in [-0.2, 0) is 13.6 Å². The monoisotopic (exact) mass is 371 g/mol. The van der Waals surface area contributed by atoms with E-state index in [9.17, 15) is 9.90 Å². The second kappa shape index (κ2) is 7.75. The summed E-state index contributed by atoms with van der Waals surface area (Å²) >= 11 is 1.65. The summed E-state index contributed by atoms with van der Waals surface area (Å²) in [4.78, 5) is 21.4. The van der Waals surface area contributed by atoms with Gasteiger partial charge in [-0.05, 0) is 45.4 Å². The maximum atomic E-state index is 12.7. The zero-order chi connectivity index (χ0) is 18.7. The van der Waals surface area contributed by atoms with Crippen molar-refractivity contribution >= 4 is 17.1 Å². The molecule has 1 aliphatic rings. The molecule has 1 N–H and O–H groups in total. The Labute approximate surface area is 158 Å². The number of thiophene rings is 1. The number of aryl methyl sites for hydroxylation is 1. The van der Waals surface area contributed by atoms with Crippen LogP contribution in [0.1, 0.15) is 47.1 Å². The van der Waals surface area contributed by atoms with Crippen molar-refractivity contribution in [2.45, 2.75) is 38.8 Å². The highest BCUT2D eigenvalue weighted by molar-refractivity contribution is 7.12. The molecule has 26 heavy (non-hydrogen) atoms. The normalized spacial score (nSPS) is 18.4. The number of hydrogen-bond acceptors (Lipinski definition) is 5. The predicted octanol–water partition coefficient (Wildman–Crippen LogP) is 2.70. The molecule has 1 unspecified atom stereocenters. The second-order valence-electron chi connectivity index (χ2n) is 7.38. The van der Waals surface area contributed by atoms with Crippen LogP contribution in [0.25, 0.3) is 0 Å². The first-order chi connectivity index (χ1) is 12.3. The average Bonchev–Trinajstić information content (AvgIpc) is 3.21. The molecule has 3 heterocycles. The van der Waals surface area contributed by atoms with Crippen LogP contribution in [-0.4, -0.2) is 44.0 Å². The number of hydrogen-bond donors (Lipinski definition) is 1. The molecule has 1 fully saturated rings. The maximum Gasteiger partial charge on any atom is 0.202 e. The molecule has 1 saturated heterocycles. The Morgan fingerprint density at radius 3 is 2.96 bits per heavy atom.